The maximum absolute atomic E-state index is 12.1. The maximum Gasteiger partial charge on any atom is 0.319 e. The monoisotopic (exact) mass is 360 g/mol. The van der Waals surface area contributed by atoms with Crippen LogP contribution in [0.25, 0.3) is 11.1 Å². The van der Waals surface area contributed by atoms with E-state index in [1.54, 1.807) is 0 Å². The van der Waals surface area contributed by atoms with Crippen LogP contribution >= 0.6 is 0 Å². The first-order chi connectivity index (χ1) is 13.2. The highest BCUT2D eigenvalue weighted by molar-refractivity contribution is 5.89. The summed E-state index contributed by atoms with van der Waals surface area (Å²) in [5, 5.41) is 5.74. The lowest BCUT2D eigenvalue weighted by atomic mass is 10.1. The van der Waals surface area contributed by atoms with Crippen molar-refractivity contribution in [2.75, 3.05) is 11.9 Å². The average Bonchev–Trinajstić information content (AvgIpc) is 2.73. The minimum Gasteiger partial charge on any atom is -0.377 e. The summed E-state index contributed by atoms with van der Waals surface area (Å²) in [6, 6.07) is 25.8. The molecule has 2 N–H and O–H groups in total. The van der Waals surface area contributed by atoms with Gasteiger partial charge in [-0.2, -0.15) is 0 Å². The van der Waals surface area contributed by atoms with Crippen LogP contribution in [0.1, 0.15) is 18.1 Å². The zero-order valence-electron chi connectivity index (χ0n) is 15.4. The Hall–Kier alpha value is -3.11. The van der Waals surface area contributed by atoms with Crippen molar-refractivity contribution in [2.45, 2.75) is 20.1 Å². The molecule has 27 heavy (non-hydrogen) atoms. The third kappa shape index (κ3) is 5.69. The zero-order chi connectivity index (χ0) is 18.9. The van der Waals surface area contributed by atoms with Crippen LogP contribution in [0.15, 0.2) is 78.9 Å². The van der Waals surface area contributed by atoms with E-state index >= 15 is 0 Å². The van der Waals surface area contributed by atoms with Gasteiger partial charge in [-0.3, -0.25) is 0 Å². The van der Waals surface area contributed by atoms with Gasteiger partial charge >= 0.3 is 6.03 Å². The predicted octanol–water partition coefficient (Wildman–Crippen LogP) is 5.21. The third-order valence-electron chi connectivity index (χ3n) is 4.20. The third-order valence-corrected chi connectivity index (χ3v) is 4.20. The predicted molar refractivity (Wildman–Crippen MR) is 110 cm³/mol. The fraction of sp³-hybridized carbons (Fsp3) is 0.174. The summed E-state index contributed by atoms with van der Waals surface area (Å²) >= 11 is 0. The number of rotatable bonds is 7. The van der Waals surface area contributed by atoms with Crippen molar-refractivity contribution in [1.82, 2.24) is 5.32 Å². The van der Waals surface area contributed by atoms with E-state index in [-0.39, 0.29) is 6.03 Å². The second-order valence-electron chi connectivity index (χ2n) is 6.20. The highest BCUT2D eigenvalue weighted by atomic mass is 16.5. The van der Waals surface area contributed by atoms with Gasteiger partial charge in [0.25, 0.3) is 0 Å². The molecule has 0 saturated heterocycles. The summed E-state index contributed by atoms with van der Waals surface area (Å²) in [5.41, 5.74) is 5.21. The van der Waals surface area contributed by atoms with Gasteiger partial charge in [0.05, 0.1) is 6.61 Å². The van der Waals surface area contributed by atoms with Gasteiger partial charge in [-0.25, -0.2) is 4.79 Å². The highest BCUT2D eigenvalue weighted by Gasteiger charge is 2.03. The Morgan fingerprint density at radius 2 is 1.44 bits per heavy atom. The first-order valence-corrected chi connectivity index (χ1v) is 9.10. The number of carbonyl (C=O) groups is 1. The number of benzene rings is 3. The second kappa shape index (κ2) is 9.55. The fourth-order valence-corrected chi connectivity index (χ4v) is 2.71. The van der Waals surface area contributed by atoms with Crippen LogP contribution in [0, 0.1) is 0 Å². The Morgan fingerprint density at radius 3 is 2.11 bits per heavy atom. The molecule has 3 rings (SSSR count). The first-order valence-electron chi connectivity index (χ1n) is 9.10. The van der Waals surface area contributed by atoms with E-state index in [9.17, 15) is 4.79 Å². The molecule has 0 spiro atoms. The molecule has 4 heteroatoms. The van der Waals surface area contributed by atoms with Crippen LogP contribution in [0.4, 0.5) is 10.5 Å². The Labute approximate surface area is 160 Å². The van der Waals surface area contributed by atoms with Gasteiger partial charge in [-0.05, 0) is 41.3 Å². The molecule has 4 nitrogen and oxygen atoms in total. The highest BCUT2D eigenvalue weighted by Crippen LogP contribution is 2.20. The van der Waals surface area contributed by atoms with Crippen molar-refractivity contribution in [2.24, 2.45) is 0 Å². The van der Waals surface area contributed by atoms with E-state index in [1.165, 1.54) is 0 Å². The van der Waals surface area contributed by atoms with E-state index in [4.69, 9.17) is 4.74 Å². The van der Waals surface area contributed by atoms with Crippen molar-refractivity contribution in [3.8, 4) is 11.1 Å². The lowest BCUT2D eigenvalue weighted by molar-refractivity contribution is 0.134. The standard InChI is InChI=1S/C23H24N2O2/c1-2-27-17-19-10-8-18(9-11-19)16-24-23(26)25-22-14-12-21(13-15-22)20-6-4-3-5-7-20/h3-15H,2,16-17H2,1H3,(H2,24,25,26). The van der Waals surface area contributed by atoms with E-state index < -0.39 is 0 Å². The molecular weight excluding hydrogens is 336 g/mol. The quantitative estimate of drug-likeness (QED) is 0.607. The van der Waals surface area contributed by atoms with Crippen LogP contribution in [0.5, 0.6) is 0 Å². The Kier molecular flexibility index (Phi) is 6.61. The van der Waals surface area contributed by atoms with E-state index in [0.717, 1.165) is 27.9 Å². The summed E-state index contributed by atoms with van der Waals surface area (Å²) in [7, 11) is 0. The van der Waals surface area contributed by atoms with E-state index in [2.05, 4.69) is 22.8 Å². The summed E-state index contributed by atoms with van der Waals surface area (Å²) in [4.78, 5) is 12.1. The number of hydrogen-bond acceptors (Lipinski definition) is 2. The molecule has 0 radical (unpaired) electrons. The Balaban J connectivity index is 1.49. The molecule has 0 atom stereocenters. The van der Waals surface area contributed by atoms with Gasteiger partial charge in [0.15, 0.2) is 0 Å². The van der Waals surface area contributed by atoms with Crippen LogP contribution in [-0.2, 0) is 17.9 Å². The Morgan fingerprint density at radius 1 is 0.815 bits per heavy atom. The largest absolute Gasteiger partial charge is 0.377 e. The minimum atomic E-state index is -0.221. The molecule has 0 bridgehead atoms. The number of amides is 2. The van der Waals surface area contributed by atoms with Crippen molar-refractivity contribution >= 4 is 11.7 Å². The van der Waals surface area contributed by atoms with Crippen molar-refractivity contribution in [3.05, 3.63) is 90.0 Å². The maximum atomic E-state index is 12.1. The molecule has 0 aliphatic carbocycles. The average molecular weight is 360 g/mol. The molecule has 0 aliphatic heterocycles. The lowest BCUT2D eigenvalue weighted by Gasteiger charge is -2.09. The molecule has 138 valence electrons. The summed E-state index contributed by atoms with van der Waals surface area (Å²) < 4.78 is 5.38. The molecule has 3 aromatic carbocycles. The molecule has 0 fully saturated rings. The van der Waals surface area contributed by atoms with Crippen LogP contribution in [-0.4, -0.2) is 12.6 Å². The normalized spacial score (nSPS) is 10.4. The number of hydrogen-bond donors (Lipinski definition) is 2. The number of urea groups is 1. The van der Waals surface area contributed by atoms with Gasteiger partial charge in [0, 0.05) is 18.8 Å². The number of carbonyl (C=O) groups excluding carboxylic acids is 1. The summed E-state index contributed by atoms with van der Waals surface area (Å²) in [6.07, 6.45) is 0. The second-order valence-corrected chi connectivity index (χ2v) is 6.20. The molecule has 0 saturated carbocycles. The van der Waals surface area contributed by atoms with Gasteiger partial charge < -0.3 is 15.4 Å². The van der Waals surface area contributed by atoms with Crippen LogP contribution < -0.4 is 10.6 Å². The smallest absolute Gasteiger partial charge is 0.319 e. The molecule has 0 aromatic heterocycles. The van der Waals surface area contributed by atoms with E-state index in [0.29, 0.717) is 19.8 Å². The fourth-order valence-electron chi connectivity index (χ4n) is 2.71. The van der Waals surface area contributed by atoms with Crippen molar-refractivity contribution in [3.63, 3.8) is 0 Å². The number of nitrogens with one attached hydrogen (secondary N) is 2. The SMILES string of the molecule is CCOCc1ccc(CNC(=O)Nc2ccc(-c3ccccc3)cc2)cc1. The van der Waals surface area contributed by atoms with Crippen molar-refractivity contribution < 1.29 is 9.53 Å². The van der Waals surface area contributed by atoms with Crippen molar-refractivity contribution in [1.29, 1.82) is 0 Å². The van der Waals surface area contributed by atoms with E-state index in [1.807, 2.05) is 73.7 Å². The number of ether oxygens (including phenoxy) is 1. The Bertz CT molecular complexity index is 844. The first kappa shape index (κ1) is 18.7. The zero-order valence-corrected chi connectivity index (χ0v) is 15.4. The summed E-state index contributed by atoms with van der Waals surface area (Å²) in [6.45, 7) is 3.77. The van der Waals surface area contributed by atoms with Crippen LogP contribution in [0.2, 0.25) is 0 Å². The van der Waals surface area contributed by atoms with Gasteiger partial charge in [-0.15, -0.1) is 0 Å². The molecule has 0 aliphatic rings. The van der Waals surface area contributed by atoms with Gasteiger partial charge in [-0.1, -0.05) is 66.7 Å². The molecule has 2 amide bonds. The van der Waals surface area contributed by atoms with Gasteiger partial charge in [0.1, 0.15) is 0 Å². The minimum absolute atomic E-state index is 0.221. The molecular formula is C23H24N2O2. The topological polar surface area (TPSA) is 50.4 Å². The lowest BCUT2D eigenvalue weighted by Crippen LogP contribution is -2.28. The summed E-state index contributed by atoms with van der Waals surface area (Å²) in [5.74, 6) is 0. The van der Waals surface area contributed by atoms with Gasteiger partial charge in [0.2, 0.25) is 0 Å². The van der Waals surface area contributed by atoms with Crippen LogP contribution in [0.3, 0.4) is 0 Å². The molecule has 0 heterocycles. The number of anilines is 1. The molecule has 0 unspecified atom stereocenters. The molecule has 3 aromatic rings.